The van der Waals surface area contributed by atoms with Crippen LogP contribution in [0.15, 0.2) is 30.1 Å². The number of hydrogen-bond donors (Lipinski definition) is 2. The fourth-order valence-corrected chi connectivity index (χ4v) is 0.827. The van der Waals surface area contributed by atoms with Crippen molar-refractivity contribution < 1.29 is 0 Å². The average Bonchev–Trinajstić information content (AvgIpc) is 2.64. The SMILES string of the molecule is C1CNCN1.b1ccccc1. The van der Waals surface area contributed by atoms with Crippen molar-refractivity contribution >= 4 is 6.91 Å². The second-order valence-electron chi connectivity index (χ2n) is 2.33. The Morgan fingerprint density at radius 2 is 1.55 bits per heavy atom. The first-order valence-corrected chi connectivity index (χ1v) is 3.91. The van der Waals surface area contributed by atoms with E-state index >= 15 is 0 Å². The predicted octanol–water partition coefficient (Wildman–Crippen LogP) is 0.161. The van der Waals surface area contributed by atoms with Gasteiger partial charge in [-0.2, -0.15) is 0 Å². The van der Waals surface area contributed by atoms with Gasteiger partial charge in [-0.15, -0.1) is 0 Å². The first kappa shape index (κ1) is 8.43. The second kappa shape index (κ2) is 6.07. The van der Waals surface area contributed by atoms with Crippen LogP contribution in [0.3, 0.4) is 0 Å². The predicted molar refractivity (Wildman–Crippen MR) is 48.7 cm³/mol. The summed E-state index contributed by atoms with van der Waals surface area (Å²) >= 11 is 0. The molecule has 0 amide bonds. The van der Waals surface area contributed by atoms with Gasteiger partial charge in [0, 0.05) is 19.8 Å². The molecule has 58 valence electrons. The topological polar surface area (TPSA) is 24.1 Å². The first-order chi connectivity index (χ1) is 5.50. The third-order valence-electron chi connectivity index (χ3n) is 1.40. The first-order valence-electron chi connectivity index (χ1n) is 3.91. The molecule has 1 saturated heterocycles. The van der Waals surface area contributed by atoms with Crippen molar-refractivity contribution in [2.24, 2.45) is 0 Å². The van der Waals surface area contributed by atoms with Crippen LogP contribution in [0.25, 0.3) is 0 Å². The van der Waals surface area contributed by atoms with Crippen LogP contribution in [-0.4, -0.2) is 26.7 Å². The molecule has 1 aliphatic rings. The minimum absolute atomic E-state index is 1.00. The standard InChI is InChI=1S/C5H5B.C3H8N2/c1-2-4-6-5-3-1;1-2-5-3-4-1/h1-5H;4-5H,1-3H2. The van der Waals surface area contributed by atoms with E-state index in [0.29, 0.717) is 0 Å². The van der Waals surface area contributed by atoms with Crippen molar-refractivity contribution in [3.05, 3.63) is 30.1 Å². The minimum atomic E-state index is 1.00. The zero-order chi connectivity index (χ0) is 7.78. The van der Waals surface area contributed by atoms with Gasteiger partial charge in [-0.3, -0.25) is 0 Å². The molecule has 1 fully saturated rings. The molecular weight excluding hydrogens is 135 g/mol. The van der Waals surface area contributed by atoms with Crippen LogP contribution in [0.5, 0.6) is 0 Å². The number of nitrogens with one attached hydrogen (secondary N) is 2. The van der Waals surface area contributed by atoms with Crippen molar-refractivity contribution in [1.82, 2.24) is 10.6 Å². The summed E-state index contributed by atoms with van der Waals surface area (Å²) in [5, 5.41) is 6.22. The molecule has 0 radical (unpaired) electrons. The van der Waals surface area contributed by atoms with Crippen molar-refractivity contribution in [3.8, 4) is 0 Å². The molecule has 3 heteroatoms. The summed E-state index contributed by atoms with van der Waals surface area (Å²) in [4.78, 5) is 0. The fraction of sp³-hybridized carbons (Fsp3) is 0.375. The van der Waals surface area contributed by atoms with Crippen molar-refractivity contribution in [1.29, 1.82) is 0 Å². The van der Waals surface area contributed by atoms with Crippen molar-refractivity contribution in [3.63, 3.8) is 0 Å². The van der Waals surface area contributed by atoms with Crippen LogP contribution in [0.1, 0.15) is 0 Å². The zero-order valence-corrected chi connectivity index (χ0v) is 6.59. The summed E-state index contributed by atoms with van der Waals surface area (Å²) in [5.74, 6) is 4.00. The zero-order valence-electron chi connectivity index (χ0n) is 6.59. The Morgan fingerprint density at radius 1 is 0.909 bits per heavy atom. The Labute approximate surface area is 68.2 Å². The monoisotopic (exact) mass is 148 g/mol. The van der Waals surface area contributed by atoms with Gasteiger partial charge in [-0.1, -0.05) is 0 Å². The van der Waals surface area contributed by atoms with Gasteiger partial charge in [0.25, 0.3) is 0 Å². The average molecular weight is 148 g/mol. The number of rotatable bonds is 0. The second-order valence-corrected chi connectivity index (χ2v) is 2.33. The molecule has 11 heavy (non-hydrogen) atoms. The van der Waals surface area contributed by atoms with Crippen molar-refractivity contribution in [2.45, 2.75) is 0 Å². The van der Waals surface area contributed by atoms with Gasteiger partial charge >= 0.3 is 37.0 Å². The van der Waals surface area contributed by atoms with E-state index in [9.17, 15) is 0 Å². The van der Waals surface area contributed by atoms with Crippen LogP contribution in [-0.2, 0) is 0 Å². The molecule has 0 bridgehead atoms. The van der Waals surface area contributed by atoms with E-state index in [2.05, 4.69) is 10.6 Å². The molecule has 0 aromatic carbocycles. The summed E-state index contributed by atoms with van der Waals surface area (Å²) in [6.07, 6.45) is 0. The molecule has 0 aliphatic carbocycles. The third-order valence-corrected chi connectivity index (χ3v) is 1.40. The summed E-state index contributed by atoms with van der Waals surface area (Å²) < 4.78 is 0. The molecule has 1 aromatic rings. The van der Waals surface area contributed by atoms with E-state index in [1.165, 1.54) is 0 Å². The van der Waals surface area contributed by atoms with Crippen LogP contribution in [0.2, 0.25) is 0 Å². The van der Waals surface area contributed by atoms with E-state index in [0.717, 1.165) is 19.8 Å². The van der Waals surface area contributed by atoms with Gasteiger partial charge in [-0.05, 0) is 0 Å². The molecule has 2 rings (SSSR count). The van der Waals surface area contributed by atoms with Crippen LogP contribution >= 0.6 is 0 Å². The molecule has 2 nitrogen and oxygen atoms in total. The quantitative estimate of drug-likeness (QED) is 0.547. The van der Waals surface area contributed by atoms with Crippen LogP contribution in [0, 0.1) is 0 Å². The number of hydrogen-bond acceptors (Lipinski definition) is 2. The van der Waals surface area contributed by atoms with E-state index in [1.807, 2.05) is 37.0 Å². The molecule has 2 N–H and O–H groups in total. The summed E-state index contributed by atoms with van der Waals surface area (Å²) in [6, 6.07) is 6.00. The Kier molecular flexibility index (Phi) is 4.65. The van der Waals surface area contributed by atoms with Gasteiger partial charge < -0.3 is 10.6 Å². The van der Waals surface area contributed by atoms with Gasteiger partial charge in [0.2, 0.25) is 0 Å². The summed E-state index contributed by atoms with van der Waals surface area (Å²) in [5.41, 5.74) is 0. The maximum atomic E-state index is 3.11. The van der Waals surface area contributed by atoms with Gasteiger partial charge in [-0.25, -0.2) is 0 Å². The molecule has 0 saturated carbocycles. The van der Waals surface area contributed by atoms with E-state index < -0.39 is 0 Å². The van der Waals surface area contributed by atoms with Crippen molar-refractivity contribution in [2.75, 3.05) is 19.8 Å². The summed E-state index contributed by atoms with van der Waals surface area (Å²) in [6.45, 7) is 5.28. The Morgan fingerprint density at radius 3 is 1.73 bits per heavy atom. The van der Waals surface area contributed by atoms with Gasteiger partial charge in [0.15, 0.2) is 0 Å². The molecule has 0 spiro atoms. The molecular formula is C8H13BN2. The third kappa shape index (κ3) is 4.70. The van der Waals surface area contributed by atoms with Gasteiger partial charge in [0.05, 0.1) is 0 Å². The fourth-order valence-electron chi connectivity index (χ4n) is 0.827. The Balaban J connectivity index is 0.000000112. The molecule has 0 unspecified atom stereocenters. The van der Waals surface area contributed by atoms with Crippen LogP contribution < -0.4 is 10.6 Å². The molecule has 1 aromatic heterocycles. The Hall–Kier alpha value is -0.665. The summed E-state index contributed by atoms with van der Waals surface area (Å²) in [7, 11) is 0. The Bertz CT molecular complexity index is 129. The maximum absolute atomic E-state index is 3.11. The normalized spacial score (nSPS) is 14.9. The van der Waals surface area contributed by atoms with Gasteiger partial charge in [0.1, 0.15) is 0 Å². The molecule has 2 heterocycles. The molecule has 0 atom stereocenters. The van der Waals surface area contributed by atoms with E-state index in [1.54, 1.807) is 0 Å². The van der Waals surface area contributed by atoms with E-state index in [4.69, 9.17) is 0 Å². The van der Waals surface area contributed by atoms with E-state index in [-0.39, 0.29) is 0 Å². The molecule has 1 aliphatic heterocycles. The van der Waals surface area contributed by atoms with Crippen LogP contribution in [0.4, 0.5) is 0 Å².